The molecule has 2 N–H and O–H groups in total. The molecule has 1 fully saturated rings. The quantitative estimate of drug-likeness (QED) is 0.302. The number of aliphatic imine (C=N–C) groups is 1. The largest absolute Gasteiger partial charge is 0.379 e. The summed E-state index contributed by atoms with van der Waals surface area (Å²) in [6.45, 7) is 12.1. The van der Waals surface area contributed by atoms with Crippen LogP contribution in [0, 0.1) is 6.92 Å². The molecule has 2 heterocycles. The smallest absolute Gasteiger partial charge is 0.191 e. The van der Waals surface area contributed by atoms with Crippen molar-refractivity contribution in [1.29, 1.82) is 0 Å². The number of halogens is 1. The van der Waals surface area contributed by atoms with Gasteiger partial charge < -0.3 is 15.4 Å². The fourth-order valence-corrected chi connectivity index (χ4v) is 4.28. The second-order valence-corrected chi connectivity index (χ2v) is 8.43. The van der Waals surface area contributed by atoms with E-state index in [1.165, 1.54) is 16.0 Å². The normalized spacial score (nSPS) is 16.0. The number of hydrogen-bond donors (Lipinski definition) is 2. The van der Waals surface area contributed by atoms with Crippen molar-refractivity contribution in [3.8, 4) is 0 Å². The monoisotopic (exact) mass is 543 g/mol. The summed E-state index contributed by atoms with van der Waals surface area (Å²) in [5, 5.41) is 7.99. The average molecular weight is 544 g/mol. The van der Waals surface area contributed by atoms with Crippen LogP contribution in [-0.2, 0) is 17.7 Å². The molecule has 1 aliphatic heterocycles. The van der Waals surface area contributed by atoms with E-state index in [0.29, 0.717) is 6.54 Å². The minimum absolute atomic E-state index is 0. The zero-order chi connectivity index (χ0) is 20.5. The molecule has 6 nitrogen and oxygen atoms in total. The van der Waals surface area contributed by atoms with Crippen LogP contribution in [-0.4, -0.2) is 55.2 Å². The SMILES string of the molecule is CCNC(=NCc1ncc(CC)s1)NCC(c1cccc(C)c1)N1CCOCC1.I. The van der Waals surface area contributed by atoms with Crippen LogP contribution in [0.4, 0.5) is 0 Å². The van der Waals surface area contributed by atoms with Crippen molar-refractivity contribution in [2.75, 3.05) is 39.4 Å². The summed E-state index contributed by atoms with van der Waals surface area (Å²) < 4.78 is 5.57. The van der Waals surface area contributed by atoms with Crippen LogP contribution in [0.25, 0.3) is 0 Å². The number of nitrogens with zero attached hydrogens (tertiary/aromatic N) is 3. The maximum atomic E-state index is 5.57. The Kier molecular flexibility index (Phi) is 11.0. The predicted molar refractivity (Wildman–Crippen MR) is 136 cm³/mol. The van der Waals surface area contributed by atoms with Crippen molar-refractivity contribution in [3.05, 3.63) is 51.5 Å². The Morgan fingerprint density at radius 2 is 2.07 bits per heavy atom. The van der Waals surface area contributed by atoms with E-state index in [2.05, 4.69) is 65.6 Å². The van der Waals surface area contributed by atoms with Crippen molar-refractivity contribution in [2.24, 2.45) is 4.99 Å². The molecular weight excluding hydrogens is 509 g/mol. The van der Waals surface area contributed by atoms with Crippen LogP contribution < -0.4 is 10.6 Å². The second-order valence-electron chi connectivity index (χ2n) is 7.23. The standard InChI is InChI=1S/C22H33N5OS.HI/c1-4-19-14-24-21(29-19)16-26-22(23-5-2)25-15-20(27-9-11-28-12-10-27)18-8-6-7-17(3)13-18;/h6-8,13-14,20H,4-5,9-12,15-16H2,1-3H3,(H2,23,25,26);1H. The zero-order valence-corrected chi connectivity index (χ0v) is 21.3. The third-order valence-electron chi connectivity index (χ3n) is 5.04. The summed E-state index contributed by atoms with van der Waals surface area (Å²) in [5.74, 6) is 0.840. The van der Waals surface area contributed by atoms with E-state index in [1.807, 2.05) is 6.20 Å². The molecule has 1 unspecified atom stereocenters. The number of ether oxygens (including phenoxy) is 1. The summed E-state index contributed by atoms with van der Waals surface area (Å²) in [4.78, 5) is 13.0. The molecule has 0 bridgehead atoms. The first-order valence-electron chi connectivity index (χ1n) is 10.5. The fraction of sp³-hybridized carbons (Fsp3) is 0.545. The van der Waals surface area contributed by atoms with E-state index in [9.17, 15) is 0 Å². The van der Waals surface area contributed by atoms with Crippen molar-refractivity contribution in [2.45, 2.75) is 39.8 Å². The van der Waals surface area contributed by atoms with Gasteiger partial charge in [0.15, 0.2) is 5.96 Å². The van der Waals surface area contributed by atoms with Gasteiger partial charge in [0.05, 0.1) is 25.8 Å². The number of morpholine rings is 1. The predicted octanol–water partition coefficient (Wildman–Crippen LogP) is 3.76. The van der Waals surface area contributed by atoms with Crippen LogP contribution >= 0.6 is 35.3 Å². The molecule has 1 aromatic heterocycles. The molecule has 0 amide bonds. The Balaban J connectivity index is 0.00000320. The maximum absolute atomic E-state index is 5.57. The van der Waals surface area contributed by atoms with Gasteiger partial charge in [-0.05, 0) is 25.8 Å². The van der Waals surface area contributed by atoms with E-state index in [1.54, 1.807) is 11.3 Å². The maximum Gasteiger partial charge on any atom is 0.191 e. The van der Waals surface area contributed by atoms with Gasteiger partial charge in [-0.3, -0.25) is 4.90 Å². The summed E-state index contributed by atoms with van der Waals surface area (Å²) in [5.41, 5.74) is 2.62. The second kappa shape index (κ2) is 13.2. The number of aromatic nitrogens is 1. The molecule has 0 spiro atoms. The highest BCUT2D eigenvalue weighted by Gasteiger charge is 2.23. The first-order valence-corrected chi connectivity index (χ1v) is 11.3. The summed E-state index contributed by atoms with van der Waals surface area (Å²) in [6.07, 6.45) is 2.99. The molecule has 0 aliphatic carbocycles. The Labute approximate surface area is 201 Å². The Bertz CT molecular complexity index is 791. The summed E-state index contributed by atoms with van der Waals surface area (Å²) in [7, 11) is 0. The lowest BCUT2D eigenvalue weighted by Gasteiger charge is -2.35. The highest BCUT2D eigenvalue weighted by atomic mass is 127. The molecule has 1 aromatic carbocycles. The van der Waals surface area contributed by atoms with Crippen molar-refractivity contribution >= 4 is 41.3 Å². The van der Waals surface area contributed by atoms with E-state index < -0.39 is 0 Å². The lowest BCUT2D eigenvalue weighted by molar-refractivity contribution is 0.0170. The van der Waals surface area contributed by atoms with Gasteiger partial charge in [0.2, 0.25) is 0 Å². The average Bonchev–Trinajstić information content (AvgIpc) is 3.21. The summed E-state index contributed by atoms with van der Waals surface area (Å²) >= 11 is 1.74. The van der Waals surface area contributed by atoms with Crippen LogP contribution in [0.1, 0.15) is 40.9 Å². The first-order chi connectivity index (χ1) is 14.2. The number of hydrogen-bond acceptors (Lipinski definition) is 5. The molecule has 8 heteroatoms. The minimum Gasteiger partial charge on any atom is -0.379 e. The summed E-state index contributed by atoms with van der Waals surface area (Å²) in [6, 6.07) is 9.09. The zero-order valence-electron chi connectivity index (χ0n) is 18.2. The Morgan fingerprint density at radius 1 is 1.27 bits per heavy atom. The Hall–Kier alpha value is -1.23. The molecule has 166 valence electrons. The molecular formula is C22H34IN5OS. The molecule has 1 saturated heterocycles. The molecule has 30 heavy (non-hydrogen) atoms. The fourth-order valence-electron chi connectivity index (χ4n) is 3.49. The molecule has 1 aliphatic rings. The van der Waals surface area contributed by atoms with Crippen molar-refractivity contribution in [3.63, 3.8) is 0 Å². The van der Waals surface area contributed by atoms with Gasteiger partial charge in [-0.15, -0.1) is 35.3 Å². The van der Waals surface area contributed by atoms with Gasteiger partial charge >= 0.3 is 0 Å². The molecule has 2 aromatic rings. The van der Waals surface area contributed by atoms with Crippen LogP contribution in [0.15, 0.2) is 35.5 Å². The first kappa shape index (κ1) is 25.0. The van der Waals surface area contributed by atoms with Gasteiger partial charge in [-0.25, -0.2) is 9.98 Å². The van der Waals surface area contributed by atoms with E-state index in [-0.39, 0.29) is 30.0 Å². The number of aryl methyl sites for hydroxylation is 2. The van der Waals surface area contributed by atoms with Gasteiger partial charge in [-0.2, -0.15) is 0 Å². The van der Waals surface area contributed by atoms with Crippen molar-refractivity contribution < 1.29 is 4.74 Å². The van der Waals surface area contributed by atoms with E-state index in [0.717, 1.165) is 56.8 Å². The third-order valence-corrected chi connectivity index (χ3v) is 6.17. The van der Waals surface area contributed by atoms with Gasteiger partial charge in [0.1, 0.15) is 5.01 Å². The van der Waals surface area contributed by atoms with E-state index in [4.69, 9.17) is 9.73 Å². The lowest BCUT2D eigenvalue weighted by Crippen LogP contribution is -2.46. The molecule has 0 saturated carbocycles. The number of rotatable bonds is 8. The van der Waals surface area contributed by atoms with Gasteiger partial charge in [0.25, 0.3) is 0 Å². The highest BCUT2D eigenvalue weighted by molar-refractivity contribution is 14.0. The number of benzene rings is 1. The molecule has 3 rings (SSSR count). The third kappa shape index (κ3) is 7.47. The van der Waals surface area contributed by atoms with E-state index >= 15 is 0 Å². The van der Waals surface area contributed by atoms with Crippen molar-refractivity contribution in [1.82, 2.24) is 20.5 Å². The van der Waals surface area contributed by atoms with Gasteiger partial charge in [0, 0.05) is 37.3 Å². The lowest BCUT2D eigenvalue weighted by atomic mass is 10.0. The van der Waals surface area contributed by atoms with Crippen LogP contribution in [0.5, 0.6) is 0 Å². The number of guanidine groups is 1. The van der Waals surface area contributed by atoms with Gasteiger partial charge in [-0.1, -0.05) is 36.8 Å². The highest BCUT2D eigenvalue weighted by Crippen LogP contribution is 2.22. The van der Waals surface area contributed by atoms with Crippen LogP contribution in [0.3, 0.4) is 0 Å². The number of thiazole rings is 1. The topological polar surface area (TPSA) is 61.8 Å². The van der Waals surface area contributed by atoms with Crippen LogP contribution in [0.2, 0.25) is 0 Å². The Morgan fingerprint density at radius 3 is 2.73 bits per heavy atom. The number of nitrogens with one attached hydrogen (secondary N) is 2. The molecule has 0 radical (unpaired) electrons. The minimum atomic E-state index is 0. The molecule has 1 atom stereocenters.